The van der Waals surface area contributed by atoms with Crippen LogP contribution in [0.2, 0.25) is 0 Å². The van der Waals surface area contributed by atoms with Crippen molar-refractivity contribution >= 4 is 10.9 Å². The summed E-state index contributed by atoms with van der Waals surface area (Å²) in [5.74, 6) is 0.753. The van der Waals surface area contributed by atoms with Crippen molar-refractivity contribution in [1.82, 2.24) is 20.4 Å². The first kappa shape index (κ1) is 15.5. The number of nitrogens with zero attached hydrogens (tertiary/aromatic N) is 2. The Morgan fingerprint density at radius 2 is 2.09 bits per heavy atom. The van der Waals surface area contributed by atoms with Gasteiger partial charge in [-0.05, 0) is 50.6 Å². The lowest BCUT2D eigenvalue weighted by molar-refractivity contribution is 0.325. The van der Waals surface area contributed by atoms with Gasteiger partial charge in [0.15, 0.2) is 0 Å². The van der Waals surface area contributed by atoms with Gasteiger partial charge in [0.05, 0.1) is 11.2 Å². The van der Waals surface area contributed by atoms with Crippen LogP contribution in [0.1, 0.15) is 49.3 Å². The zero-order valence-electron chi connectivity index (χ0n) is 13.9. The van der Waals surface area contributed by atoms with Crippen molar-refractivity contribution in [3.8, 4) is 0 Å². The van der Waals surface area contributed by atoms with E-state index in [0.29, 0.717) is 0 Å². The molecule has 4 heteroatoms. The largest absolute Gasteiger partial charge is 0.318 e. The number of hydrogen-bond donors (Lipinski definition) is 2. The van der Waals surface area contributed by atoms with E-state index in [-0.39, 0.29) is 0 Å². The Balaban J connectivity index is 1.79. The molecule has 1 saturated carbocycles. The van der Waals surface area contributed by atoms with E-state index in [1.54, 1.807) is 0 Å². The van der Waals surface area contributed by atoms with Crippen LogP contribution in [0.3, 0.4) is 0 Å². The second-order valence-electron chi connectivity index (χ2n) is 6.65. The van der Waals surface area contributed by atoms with E-state index in [9.17, 15) is 0 Å². The molecule has 0 aliphatic heterocycles. The van der Waals surface area contributed by atoms with Crippen LogP contribution in [0.5, 0.6) is 0 Å². The number of aromatic nitrogens is 2. The van der Waals surface area contributed by atoms with Gasteiger partial charge in [-0.2, -0.15) is 5.10 Å². The molecule has 0 atom stereocenters. The fourth-order valence-electron chi connectivity index (χ4n) is 3.53. The van der Waals surface area contributed by atoms with Crippen LogP contribution in [0, 0.1) is 0 Å². The smallest absolute Gasteiger partial charge is 0.0840 e. The quantitative estimate of drug-likeness (QED) is 0.860. The molecule has 0 amide bonds. The Morgan fingerprint density at radius 1 is 1.27 bits per heavy atom. The van der Waals surface area contributed by atoms with Crippen LogP contribution in [-0.4, -0.2) is 42.3 Å². The highest BCUT2D eigenvalue weighted by atomic mass is 15.2. The lowest BCUT2D eigenvalue weighted by Crippen LogP contribution is -2.27. The molecule has 1 aromatic carbocycles. The highest BCUT2D eigenvalue weighted by molar-refractivity contribution is 5.82. The number of H-pyrrole nitrogens is 1. The Hall–Kier alpha value is -1.39. The molecule has 120 valence electrons. The number of nitrogens with one attached hydrogen (secondary N) is 2. The summed E-state index contributed by atoms with van der Waals surface area (Å²) in [7, 11) is 4.15. The zero-order valence-corrected chi connectivity index (χ0v) is 13.9. The maximum Gasteiger partial charge on any atom is 0.0840 e. The molecular formula is C18H28N4. The van der Waals surface area contributed by atoms with Crippen LogP contribution >= 0.6 is 0 Å². The van der Waals surface area contributed by atoms with Crippen LogP contribution < -0.4 is 5.32 Å². The van der Waals surface area contributed by atoms with Gasteiger partial charge in [0.2, 0.25) is 0 Å². The molecule has 1 aliphatic carbocycles. The Kier molecular flexibility index (Phi) is 5.11. The van der Waals surface area contributed by atoms with E-state index in [2.05, 4.69) is 45.7 Å². The standard InChI is InChI=1S/C18H28N4/c1-19-10-11-22(2)13-18-16-12-15(8-9-17(16)20-21-18)14-6-4-3-5-7-14/h8-9,12,14,19H,3-7,10-11,13H2,1-2H3,(H,20,21). The molecule has 1 fully saturated rings. The Morgan fingerprint density at radius 3 is 2.86 bits per heavy atom. The number of rotatable bonds is 6. The summed E-state index contributed by atoms with van der Waals surface area (Å²) in [5, 5.41) is 12.2. The van der Waals surface area contributed by atoms with Gasteiger partial charge in [0.25, 0.3) is 0 Å². The molecule has 1 heterocycles. The van der Waals surface area contributed by atoms with E-state index in [0.717, 1.165) is 31.1 Å². The van der Waals surface area contributed by atoms with Crippen molar-refractivity contribution in [3.63, 3.8) is 0 Å². The first-order valence-corrected chi connectivity index (χ1v) is 8.58. The third kappa shape index (κ3) is 3.50. The highest BCUT2D eigenvalue weighted by Crippen LogP contribution is 2.34. The molecule has 2 N–H and O–H groups in total. The summed E-state index contributed by atoms with van der Waals surface area (Å²) < 4.78 is 0. The molecule has 1 aliphatic rings. The zero-order chi connectivity index (χ0) is 15.4. The van der Waals surface area contributed by atoms with Crippen molar-refractivity contribution in [2.45, 2.75) is 44.6 Å². The van der Waals surface area contributed by atoms with Gasteiger partial charge >= 0.3 is 0 Å². The molecule has 0 saturated heterocycles. The molecule has 2 aromatic rings. The fourth-order valence-corrected chi connectivity index (χ4v) is 3.53. The third-order valence-corrected chi connectivity index (χ3v) is 4.91. The summed E-state index contributed by atoms with van der Waals surface area (Å²) in [4.78, 5) is 2.32. The van der Waals surface area contributed by atoms with Gasteiger partial charge in [0, 0.05) is 25.0 Å². The van der Waals surface area contributed by atoms with Crippen LogP contribution in [0.4, 0.5) is 0 Å². The summed E-state index contributed by atoms with van der Waals surface area (Å²) in [6.07, 6.45) is 6.87. The van der Waals surface area contributed by atoms with Gasteiger partial charge < -0.3 is 5.32 Å². The maximum absolute atomic E-state index is 4.54. The number of aromatic amines is 1. The van der Waals surface area contributed by atoms with Gasteiger partial charge in [-0.1, -0.05) is 25.3 Å². The number of benzene rings is 1. The lowest BCUT2D eigenvalue weighted by Gasteiger charge is -2.22. The topological polar surface area (TPSA) is 44.0 Å². The van der Waals surface area contributed by atoms with E-state index < -0.39 is 0 Å². The molecule has 0 bridgehead atoms. The summed E-state index contributed by atoms with van der Waals surface area (Å²) in [5.41, 5.74) is 3.84. The van der Waals surface area contributed by atoms with Crippen molar-refractivity contribution < 1.29 is 0 Å². The lowest BCUT2D eigenvalue weighted by atomic mass is 9.84. The van der Waals surface area contributed by atoms with Crippen molar-refractivity contribution in [3.05, 3.63) is 29.5 Å². The van der Waals surface area contributed by atoms with Gasteiger partial charge in [-0.3, -0.25) is 10.00 Å². The Labute approximate surface area is 133 Å². The molecule has 0 spiro atoms. The first-order chi connectivity index (χ1) is 10.8. The highest BCUT2D eigenvalue weighted by Gasteiger charge is 2.17. The van der Waals surface area contributed by atoms with E-state index in [1.807, 2.05) is 7.05 Å². The molecule has 22 heavy (non-hydrogen) atoms. The summed E-state index contributed by atoms with van der Waals surface area (Å²) in [6, 6.07) is 6.89. The molecule has 4 nitrogen and oxygen atoms in total. The predicted octanol–water partition coefficient (Wildman–Crippen LogP) is 3.26. The Bertz CT molecular complexity index is 598. The predicted molar refractivity (Wildman–Crippen MR) is 92.2 cm³/mol. The normalized spacial score (nSPS) is 16.7. The monoisotopic (exact) mass is 300 g/mol. The van der Waals surface area contributed by atoms with Crippen LogP contribution in [0.15, 0.2) is 18.2 Å². The van der Waals surface area contributed by atoms with E-state index in [4.69, 9.17) is 0 Å². The second kappa shape index (κ2) is 7.25. The number of fused-ring (bicyclic) bond motifs is 1. The minimum absolute atomic E-state index is 0.753. The first-order valence-electron chi connectivity index (χ1n) is 8.58. The molecular weight excluding hydrogens is 272 g/mol. The van der Waals surface area contributed by atoms with Gasteiger partial charge in [-0.15, -0.1) is 0 Å². The van der Waals surface area contributed by atoms with Gasteiger partial charge in [0.1, 0.15) is 0 Å². The van der Waals surface area contributed by atoms with E-state index in [1.165, 1.54) is 48.7 Å². The summed E-state index contributed by atoms with van der Waals surface area (Å²) in [6.45, 7) is 2.94. The fraction of sp³-hybridized carbons (Fsp3) is 0.611. The van der Waals surface area contributed by atoms with Crippen molar-refractivity contribution in [1.29, 1.82) is 0 Å². The van der Waals surface area contributed by atoms with E-state index >= 15 is 0 Å². The van der Waals surface area contributed by atoms with Gasteiger partial charge in [-0.25, -0.2) is 0 Å². The van der Waals surface area contributed by atoms with Crippen LogP contribution in [0.25, 0.3) is 10.9 Å². The minimum Gasteiger partial charge on any atom is -0.318 e. The number of hydrogen-bond acceptors (Lipinski definition) is 3. The van der Waals surface area contributed by atoms with Crippen molar-refractivity contribution in [2.75, 3.05) is 27.2 Å². The average molecular weight is 300 g/mol. The SMILES string of the molecule is CNCCN(C)Cc1n[nH]c2ccc(C3CCCCC3)cc12. The molecule has 1 aromatic heterocycles. The molecule has 0 unspecified atom stereocenters. The van der Waals surface area contributed by atoms with Crippen LogP contribution in [-0.2, 0) is 6.54 Å². The molecule has 3 rings (SSSR count). The average Bonchev–Trinajstić information content (AvgIpc) is 2.96. The molecule has 0 radical (unpaired) electrons. The minimum atomic E-state index is 0.753. The summed E-state index contributed by atoms with van der Waals surface area (Å²) >= 11 is 0. The number of likely N-dealkylation sites (N-methyl/N-ethyl adjacent to an activating group) is 2. The maximum atomic E-state index is 4.54. The second-order valence-corrected chi connectivity index (χ2v) is 6.65. The third-order valence-electron chi connectivity index (χ3n) is 4.91. The van der Waals surface area contributed by atoms with Crippen molar-refractivity contribution in [2.24, 2.45) is 0 Å².